The van der Waals surface area contributed by atoms with Gasteiger partial charge in [0.15, 0.2) is 11.5 Å². The van der Waals surface area contributed by atoms with Crippen molar-refractivity contribution in [3.05, 3.63) is 42.5 Å². The fraction of sp³-hybridized carbons (Fsp3) is 0.188. The van der Waals surface area contributed by atoms with Gasteiger partial charge in [-0.2, -0.15) is 4.57 Å². The van der Waals surface area contributed by atoms with Crippen molar-refractivity contribution in [1.29, 1.82) is 0 Å². The summed E-state index contributed by atoms with van der Waals surface area (Å²) in [5.41, 5.74) is 2.32. The second-order valence-electron chi connectivity index (χ2n) is 4.53. The van der Waals surface area contributed by atoms with Crippen LogP contribution in [0.25, 0.3) is 21.8 Å². The maximum Gasteiger partial charge on any atom is 0.216 e. The second kappa shape index (κ2) is 4.43. The van der Waals surface area contributed by atoms with Gasteiger partial charge in [-0.05, 0) is 18.2 Å². The third kappa shape index (κ3) is 1.78. The molecule has 3 nitrogen and oxygen atoms in total. The number of methoxy groups -OCH3 is 2. The Hall–Kier alpha value is -2.29. The van der Waals surface area contributed by atoms with Crippen LogP contribution in [0, 0.1) is 0 Å². The molecular weight excluding hydrogens is 238 g/mol. The van der Waals surface area contributed by atoms with E-state index in [9.17, 15) is 0 Å². The molecule has 0 fully saturated rings. The Bertz CT molecular complexity index is 765. The standard InChI is InChI=1S/C16H16NO2/c1-17-13-7-5-4-6-11(13)8-12-9-15(18-2)16(19-3)10-14(12)17/h4-10H,1-3H3/q+1. The third-order valence-corrected chi connectivity index (χ3v) is 3.50. The largest absolute Gasteiger partial charge is 0.493 e. The van der Waals surface area contributed by atoms with Crippen molar-refractivity contribution in [1.82, 2.24) is 0 Å². The van der Waals surface area contributed by atoms with Gasteiger partial charge in [0.05, 0.1) is 25.7 Å². The van der Waals surface area contributed by atoms with E-state index in [1.54, 1.807) is 14.2 Å². The first-order valence-corrected chi connectivity index (χ1v) is 6.18. The molecule has 2 aromatic carbocycles. The van der Waals surface area contributed by atoms with Gasteiger partial charge in [-0.15, -0.1) is 0 Å². The molecule has 0 aliphatic carbocycles. The summed E-state index contributed by atoms with van der Waals surface area (Å²) in [5.74, 6) is 1.51. The second-order valence-corrected chi connectivity index (χ2v) is 4.53. The molecule has 0 aliphatic rings. The van der Waals surface area contributed by atoms with Crippen LogP contribution in [0.15, 0.2) is 42.5 Å². The lowest BCUT2D eigenvalue weighted by Gasteiger charge is -2.09. The van der Waals surface area contributed by atoms with Gasteiger partial charge in [0.25, 0.3) is 0 Å². The Morgan fingerprint density at radius 1 is 0.789 bits per heavy atom. The van der Waals surface area contributed by atoms with Crippen molar-refractivity contribution < 1.29 is 14.0 Å². The maximum atomic E-state index is 5.37. The lowest BCUT2D eigenvalue weighted by molar-refractivity contribution is -0.617. The monoisotopic (exact) mass is 254 g/mol. The highest BCUT2D eigenvalue weighted by Crippen LogP contribution is 2.31. The molecule has 0 saturated carbocycles. The SMILES string of the molecule is COc1cc2cc3ccccc3[n+](C)c2cc1OC. The summed E-state index contributed by atoms with van der Waals surface area (Å²) in [6.45, 7) is 0. The molecule has 0 N–H and O–H groups in total. The molecular formula is C16H16NO2+. The Morgan fingerprint density at radius 2 is 1.47 bits per heavy atom. The van der Waals surface area contributed by atoms with Gasteiger partial charge in [0.1, 0.15) is 7.05 Å². The number of hydrogen-bond acceptors (Lipinski definition) is 2. The van der Waals surface area contributed by atoms with Gasteiger partial charge in [0, 0.05) is 11.5 Å². The summed E-state index contributed by atoms with van der Waals surface area (Å²) in [6, 6.07) is 14.5. The molecule has 0 atom stereocenters. The van der Waals surface area contributed by atoms with Crippen LogP contribution < -0.4 is 14.0 Å². The summed E-state index contributed by atoms with van der Waals surface area (Å²) in [5, 5.41) is 2.35. The highest BCUT2D eigenvalue weighted by atomic mass is 16.5. The zero-order valence-corrected chi connectivity index (χ0v) is 11.3. The van der Waals surface area contributed by atoms with Gasteiger partial charge in [-0.25, -0.2) is 0 Å². The van der Waals surface area contributed by atoms with E-state index in [0.717, 1.165) is 22.4 Å². The number of pyridine rings is 1. The summed E-state index contributed by atoms with van der Waals surface area (Å²) in [6.07, 6.45) is 0. The molecule has 0 aliphatic heterocycles. The molecule has 3 rings (SSSR count). The van der Waals surface area contributed by atoms with Crippen molar-refractivity contribution in [3.8, 4) is 11.5 Å². The number of benzene rings is 2. The van der Waals surface area contributed by atoms with E-state index in [4.69, 9.17) is 9.47 Å². The van der Waals surface area contributed by atoms with Crippen molar-refractivity contribution in [2.24, 2.45) is 7.05 Å². The molecule has 0 spiro atoms. The quantitative estimate of drug-likeness (QED) is 0.518. The zero-order chi connectivity index (χ0) is 13.4. The van der Waals surface area contributed by atoms with Crippen LogP contribution in [0.2, 0.25) is 0 Å². The third-order valence-electron chi connectivity index (χ3n) is 3.50. The fourth-order valence-corrected chi connectivity index (χ4v) is 2.50. The van der Waals surface area contributed by atoms with E-state index in [1.807, 2.05) is 12.1 Å². The van der Waals surface area contributed by atoms with E-state index in [1.165, 1.54) is 10.9 Å². The average Bonchev–Trinajstić information content (AvgIpc) is 2.46. The van der Waals surface area contributed by atoms with Crippen LogP contribution in [-0.4, -0.2) is 14.2 Å². The Kier molecular flexibility index (Phi) is 2.75. The van der Waals surface area contributed by atoms with E-state index in [2.05, 4.69) is 41.9 Å². The molecule has 1 aromatic heterocycles. The molecule has 1 heterocycles. The van der Waals surface area contributed by atoms with Gasteiger partial charge in [-0.3, -0.25) is 0 Å². The Balaban J connectivity index is 2.44. The Morgan fingerprint density at radius 3 is 2.21 bits per heavy atom. The van der Waals surface area contributed by atoms with Crippen molar-refractivity contribution in [3.63, 3.8) is 0 Å². The first-order chi connectivity index (χ1) is 9.24. The summed E-state index contributed by atoms with van der Waals surface area (Å²) in [4.78, 5) is 0. The van der Waals surface area contributed by atoms with Crippen LogP contribution in [0.3, 0.4) is 0 Å². The van der Waals surface area contributed by atoms with Crippen LogP contribution in [0.4, 0.5) is 0 Å². The topological polar surface area (TPSA) is 22.3 Å². The first kappa shape index (κ1) is 11.8. The lowest BCUT2D eigenvalue weighted by Crippen LogP contribution is -2.29. The molecule has 96 valence electrons. The van der Waals surface area contributed by atoms with E-state index in [-0.39, 0.29) is 0 Å². The van der Waals surface area contributed by atoms with E-state index >= 15 is 0 Å². The minimum Gasteiger partial charge on any atom is -0.493 e. The predicted molar refractivity (Wildman–Crippen MR) is 75.7 cm³/mol. The Labute approximate surface area is 112 Å². The molecule has 0 bridgehead atoms. The summed E-state index contributed by atoms with van der Waals surface area (Å²) >= 11 is 0. The highest BCUT2D eigenvalue weighted by Gasteiger charge is 2.15. The van der Waals surface area contributed by atoms with Crippen LogP contribution in [0.5, 0.6) is 11.5 Å². The number of aryl methyl sites for hydroxylation is 1. The van der Waals surface area contributed by atoms with Gasteiger partial charge in [0.2, 0.25) is 11.0 Å². The van der Waals surface area contributed by atoms with E-state index < -0.39 is 0 Å². The zero-order valence-electron chi connectivity index (χ0n) is 11.3. The minimum absolute atomic E-state index is 0.751. The fourth-order valence-electron chi connectivity index (χ4n) is 2.50. The lowest BCUT2D eigenvalue weighted by atomic mass is 10.1. The normalized spacial score (nSPS) is 10.9. The first-order valence-electron chi connectivity index (χ1n) is 6.18. The smallest absolute Gasteiger partial charge is 0.216 e. The van der Waals surface area contributed by atoms with Crippen molar-refractivity contribution in [2.45, 2.75) is 0 Å². The number of ether oxygens (including phenoxy) is 2. The number of fused-ring (bicyclic) bond motifs is 2. The van der Waals surface area contributed by atoms with E-state index in [0.29, 0.717) is 0 Å². The van der Waals surface area contributed by atoms with Gasteiger partial charge < -0.3 is 9.47 Å². The highest BCUT2D eigenvalue weighted by molar-refractivity contribution is 5.90. The van der Waals surface area contributed by atoms with Crippen molar-refractivity contribution >= 4 is 21.8 Å². The van der Waals surface area contributed by atoms with Gasteiger partial charge >= 0.3 is 0 Å². The summed E-state index contributed by atoms with van der Waals surface area (Å²) < 4.78 is 12.9. The molecule has 0 unspecified atom stereocenters. The summed E-state index contributed by atoms with van der Waals surface area (Å²) in [7, 11) is 5.38. The number of nitrogens with zero attached hydrogens (tertiary/aromatic N) is 1. The number of rotatable bonds is 2. The van der Waals surface area contributed by atoms with Crippen LogP contribution >= 0.6 is 0 Å². The number of hydrogen-bond donors (Lipinski definition) is 0. The molecule has 3 aromatic rings. The molecule has 0 saturated heterocycles. The molecule has 0 radical (unpaired) electrons. The minimum atomic E-state index is 0.751. The average molecular weight is 254 g/mol. The molecule has 3 heteroatoms. The maximum absolute atomic E-state index is 5.37. The number of aromatic nitrogens is 1. The van der Waals surface area contributed by atoms with Crippen LogP contribution in [0.1, 0.15) is 0 Å². The van der Waals surface area contributed by atoms with Gasteiger partial charge in [-0.1, -0.05) is 12.1 Å². The number of para-hydroxylation sites is 1. The molecule has 19 heavy (non-hydrogen) atoms. The molecule has 0 amide bonds. The van der Waals surface area contributed by atoms with Crippen molar-refractivity contribution in [2.75, 3.05) is 14.2 Å². The predicted octanol–water partition coefficient (Wildman–Crippen LogP) is 2.83. The van der Waals surface area contributed by atoms with Crippen LogP contribution in [-0.2, 0) is 7.05 Å².